The van der Waals surface area contributed by atoms with Crippen molar-refractivity contribution in [2.45, 2.75) is 19.3 Å². The molecule has 21 heavy (non-hydrogen) atoms. The highest BCUT2D eigenvalue weighted by Gasteiger charge is 2.24. The number of aryl methyl sites for hydroxylation is 1. The second kappa shape index (κ2) is 8.28. The number of benzene rings is 1. The Morgan fingerprint density at radius 1 is 1.48 bits per heavy atom. The minimum absolute atomic E-state index is 0.161. The molecule has 0 fully saturated rings. The first-order chi connectivity index (χ1) is 10.0. The zero-order valence-corrected chi connectivity index (χ0v) is 12.7. The Morgan fingerprint density at radius 2 is 2.19 bits per heavy atom. The molecule has 1 N–H and O–H groups in total. The Morgan fingerprint density at radius 3 is 2.71 bits per heavy atom. The van der Waals surface area contributed by atoms with Crippen LogP contribution in [0.3, 0.4) is 0 Å². The molecule has 1 aromatic rings. The van der Waals surface area contributed by atoms with E-state index in [0.29, 0.717) is 23.6 Å². The second-order valence-corrected chi connectivity index (χ2v) is 4.86. The first-order valence-electron chi connectivity index (χ1n) is 6.49. The summed E-state index contributed by atoms with van der Waals surface area (Å²) in [5.41, 5.74) is 0.902. The molecule has 0 aliphatic rings. The molecule has 0 unspecified atom stereocenters. The van der Waals surface area contributed by atoms with Gasteiger partial charge in [0, 0.05) is 18.5 Å². The number of methoxy groups -OCH3 is 1. The van der Waals surface area contributed by atoms with E-state index in [-0.39, 0.29) is 12.2 Å². The molecule has 5 nitrogen and oxygen atoms in total. The summed E-state index contributed by atoms with van der Waals surface area (Å²) in [6.45, 7) is 0. The van der Waals surface area contributed by atoms with Crippen LogP contribution in [0.25, 0.3) is 0 Å². The standard InChI is InChI=1S/C15H17ClN2O3/c1-18-15(20)12(9-17)14(19)5-3-4-10-6-7-11(21-2)8-13(10)16/h6-8,12H,3-5H2,1-2H3,(H,18,20)/t12-/m1/s1. The fraction of sp³-hybridized carbons (Fsp3) is 0.400. The van der Waals surface area contributed by atoms with Gasteiger partial charge in [0.25, 0.3) is 0 Å². The van der Waals surface area contributed by atoms with Crippen LogP contribution in [0.4, 0.5) is 0 Å². The van der Waals surface area contributed by atoms with Gasteiger partial charge in [-0.2, -0.15) is 5.26 Å². The molecule has 0 aliphatic carbocycles. The van der Waals surface area contributed by atoms with Gasteiger partial charge in [0.2, 0.25) is 5.91 Å². The number of rotatable bonds is 7. The third kappa shape index (κ3) is 4.76. The molecule has 0 saturated carbocycles. The van der Waals surface area contributed by atoms with E-state index in [0.717, 1.165) is 5.56 Å². The zero-order chi connectivity index (χ0) is 15.8. The Kier molecular flexibility index (Phi) is 6.70. The van der Waals surface area contributed by atoms with E-state index < -0.39 is 11.8 Å². The van der Waals surface area contributed by atoms with Crippen molar-refractivity contribution in [1.82, 2.24) is 5.32 Å². The van der Waals surface area contributed by atoms with Crippen molar-refractivity contribution in [2.75, 3.05) is 14.2 Å². The van der Waals surface area contributed by atoms with E-state index in [4.69, 9.17) is 21.6 Å². The molecule has 0 aliphatic heterocycles. The number of hydrogen-bond donors (Lipinski definition) is 1. The number of halogens is 1. The minimum atomic E-state index is -1.23. The summed E-state index contributed by atoms with van der Waals surface area (Å²) in [6, 6.07) is 7.07. The maximum atomic E-state index is 11.8. The van der Waals surface area contributed by atoms with Crippen LogP contribution in [-0.4, -0.2) is 25.8 Å². The smallest absolute Gasteiger partial charge is 0.244 e. The van der Waals surface area contributed by atoms with Gasteiger partial charge in [0.05, 0.1) is 13.2 Å². The molecule has 0 bridgehead atoms. The first-order valence-corrected chi connectivity index (χ1v) is 6.87. The summed E-state index contributed by atoms with van der Waals surface area (Å²) in [6.07, 6.45) is 1.29. The van der Waals surface area contributed by atoms with Crippen LogP contribution in [-0.2, 0) is 16.0 Å². The van der Waals surface area contributed by atoms with E-state index in [1.807, 2.05) is 6.07 Å². The highest BCUT2D eigenvalue weighted by molar-refractivity contribution is 6.31. The summed E-state index contributed by atoms with van der Waals surface area (Å²) in [5.74, 6) is -1.50. The van der Waals surface area contributed by atoms with Crippen molar-refractivity contribution in [1.29, 1.82) is 5.26 Å². The Hall–Kier alpha value is -2.06. The van der Waals surface area contributed by atoms with Gasteiger partial charge in [-0.3, -0.25) is 9.59 Å². The molecule has 0 aromatic heterocycles. The third-order valence-corrected chi connectivity index (χ3v) is 3.44. The SMILES string of the molecule is CNC(=O)[C@H](C#N)C(=O)CCCc1ccc(OC)cc1Cl. The second-order valence-electron chi connectivity index (χ2n) is 4.45. The third-order valence-electron chi connectivity index (χ3n) is 3.09. The molecular formula is C15H17ClN2O3. The average molecular weight is 309 g/mol. The lowest BCUT2D eigenvalue weighted by Crippen LogP contribution is -2.32. The van der Waals surface area contributed by atoms with Crippen LogP contribution in [0, 0.1) is 17.2 Å². The number of nitrogens with one attached hydrogen (secondary N) is 1. The van der Waals surface area contributed by atoms with Crippen molar-refractivity contribution < 1.29 is 14.3 Å². The summed E-state index contributed by atoms with van der Waals surface area (Å²) >= 11 is 6.10. The first kappa shape index (κ1) is 17.0. The van der Waals surface area contributed by atoms with E-state index in [1.165, 1.54) is 7.05 Å². The van der Waals surface area contributed by atoms with Crippen LogP contribution >= 0.6 is 11.6 Å². The zero-order valence-electron chi connectivity index (χ0n) is 12.0. The van der Waals surface area contributed by atoms with Crippen molar-refractivity contribution in [3.63, 3.8) is 0 Å². The van der Waals surface area contributed by atoms with Gasteiger partial charge >= 0.3 is 0 Å². The maximum Gasteiger partial charge on any atom is 0.244 e. The van der Waals surface area contributed by atoms with E-state index in [2.05, 4.69) is 5.32 Å². The molecule has 0 saturated heterocycles. The van der Waals surface area contributed by atoms with Crippen molar-refractivity contribution in [3.8, 4) is 11.8 Å². The lowest BCUT2D eigenvalue weighted by atomic mass is 9.98. The average Bonchev–Trinajstić information content (AvgIpc) is 2.49. The van der Waals surface area contributed by atoms with Crippen molar-refractivity contribution in [2.24, 2.45) is 5.92 Å². The fourth-order valence-electron chi connectivity index (χ4n) is 1.88. The van der Waals surface area contributed by atoms with Crippen LogP contribution in [0.2, 0.25) is 5.02 Å². The van der Waals surface area contributed by atoms with Crippen LogP contribution < -0.4 is 10.1 Å². The van der Waals surface area contributed by atoms with Gasteiger partial charge in [-0.05, 0) is 30.5 Å². The Bertz CT molecular complexity index is 567. The molecule has 1 aromatic carbocycles. The number of amides is 1. The van der Waals surface area contributed by atoms with Crippen molar-refractivity contribution >= 4 is 23.3 Å². The highest BCUT2D eigenvalue weighted by atomic mass is 35.5. The quantitative estimate of drug-likeness (QED) is 0.783. The van der Waals surface area contributed by atoms with Gasteiger partial charge in [-0.15, -0.1) is 0 Å². The van der Waals surface area contributed by atoms with E-state index in [1.54, 1.807) is 25.3 Å². The number of Topliss-reactive ketones (excluding diaryl/α,β-unsaturated/α-hetero) is 1. The lowest BCUT2D eigenvalue weighted by Gasteiger charge is -2.08. The van der Waals surface area contributed by atoms with E-state index >= 15 is 0 Å². The molecular weight excluding hydrogens is 292 g/mol. The molecule has 1 amide bonds. The summed E-state index contributed by atoms with van der Waals surface area (Å²) in [5, 5.41) is 11.7. The maximum absolute atomic E-state index is 11.8. The predicted octanol–water partition coefficient (Wildman–Crippen LogP) is 2.13. The fourth-order valence-corrected chi connectivity index (χ4v) is 2.14. The molecule has 112 valence electrons. The monoisotopic (exact) mass is 308 g/mol. The minimum Gasteiger partial charge on any atom is -0.497 e. The number of hydrogen-bond acceptors (Lipinski definition) is 4. The van der Waals surface area contributed by atoms with Crippen LogP contribution in [0.5, 0.6) is 5.75 Å². The molecule has 0 heterocycles. The molecule has 1 rings (SSSR count). The molecule has 0 spiro atoms. The van der Waals surface area contributed by atoms with E-state index in [9.17, 15) is 9.59 Å². The largest absolute Gasteiger partial charge is 0.497 e. The van der Waals surface area contributed by atoms with Gasteiger partial charge in [-0.1, -0.05) is 17.7 Å². The molecule has 1 atom stereocenters. The number of ketones is 1. The van der Waals surface area contributed by atoms with Crippen LogP contribution in [0.1, 0.15) is 18.4 Å². The number of carbonyl (C=O) groups is 2. The van der Waals surface area contributed by atoms with Gasteiger partial charge in [-0.25, -0.2) is 0 Å². The van der Waals surface area contributed by atoms with Crippen LogP contribution in [0.15, 0.2) is 18.2 Å². The molecule has 6 heteroatoms. The highest BCUT2D eigenvalue weighted by Crippen LogP contribution is 2.23. The number of carbonyl (C=O) groups excluding carboxylic acids is 2. The number of nitrogens with zero attached hydrogens (tertiary/aromatic N) is 1. The Balaban J connectivity index is 2.55. The normalized spacial score (nSPS) is 11.3. The topological polar surface area (TPSA) is 79.2 Å². The lowest BCUT2D eigenvalue weighted by molar-refractivity contribution is -0.131. The number of nitriles is 1. The Labute approximate surface area is 128 Å². The predicted molar refractivity (Wildman–Crippen MR) is 79.1 cm³/mol. The summed E-state index contributed by atoms with van der Waals surface area (Å²) < 4.78 is 5.06. The van der Waals surface area contributed by atoms with Crippen molar-refractivity contribution in [3.05, 3.63) is 28.8 Å². The van der Waals surface area contributed by atoms with Gasteiger partial charge < -0.3 is 10.1 Å². The van der Waals surface area contributed by atoms with Gasteiger partial charge in [0.15, 0.2) is 11.7 Å². The summed E-state index contributed by atoms with van der Waals surface area (Å²) in [4.78, 5) is 23.2. The van der Waals surface area contributed by atoms with Gasteiger partial charge in [0.1, 0.15) is 5.75 Å². The molecule has 0 radical (unpaired) electrons. The summed E-state index contributed by atoms with van der Waals surface area (Å²) in [7, 11) is 2.96. The number of ether oxygens (including phenoxy) is 1.